The number of morpholine rings is 1. The molecule has 0 spiro atoms. The van der Waals surface area contributed by atoms with E-state index in [4.69, 9.17) is 9.47 Å². The van der Waals surface area contributed by atoms with E-state index in [1.807, 2.05) is 0 Å². The highest BCUT2D eigenvalue weighted by molar-refractivity contribution is 5.33. The van der Waals surface area contributed by atoms with Crippen LogP contribution in [0.5, 0.6) is 5.75 Å². The summed E-state index contributed by atoms with van der Waals surface area (Å²) in [5.74, 6) is 1.62. The third-order valence-corrected chi connectivity index (χ3v) is 3.57. The fraction of sp³-hybridized carbons (Fsp3) is 0.647. The molecule has 1 aromatic carbocycles. The Hall–Kier alpha value is -1.06. The van der Waals surface area contributed by atoms with E-state index in [1.54, 1.807) is 0 Å². The molecule has 112 valence electrons. The first kappa shape index (κ1) is 15.3. The summed E-state index contributed by atoms with van der Waals surface area (Å²) in [6.07, 6.45) is 2.27. The van der Waals surface area contributed by atoms with Gasteiger partial charge in [0.2, 0.25) is 0 Å². The van der Waals surface area contributed by atoms with Crippen LogP contribution in [-0.4, -0.2) is 44.4 Å². The number of hydrogen-bond donors (Lipinski definition) is 0. The zero-order valence-electron chi connectivity index (χ0n) is 12.8. The summed E-state index contributed by atoms with van der Waals surface area (Å²) in [4.78, 5) is 2.49. The first-order valence-corrected chi connectivity index (χ1v) is 7.76. The zero-order valence-corrected chi connectivity index (χ0v) is 12.8. The first-order valence-electron chi connectivity index (χ1n) is 7.76. The number of para-hydroxylation sites is 1. The summed E-state index contributed by atoms with van der Waals surface area (Å²) in [6.45, 7) is 10.2. The highest BCUT2D eigenvalue weighted by atomic mass is 16.5. The number of benzene rings is 1. The minimum absolute atomic E-state index is 0.566. The van der Waals surface area contributed by atoms with Gasteiger partial charge >= 0.3 is 0 Å². The van der Waals surface area contributed by atoms with E-state index in [-0.39, 0.29) is 0 Å². The minimum Gasteiger partial charge on any atom is -0.493 e. The van der Waals surface area contributed by atoms with E-state index in [0.717, 1.165) is 51.6 Å². The van der Waals surface area contributed by atoms with Gasteiger partial charge in [0.05, 0.1) is 19.8 Å². The molecule has 1 aliphatic heterocycles. The molecule has 0 aliphatic carbocycles. The number of hydrogen-bond acceptors (Lipinski definition) is 3. The van der Waals surface area contributed by atoms with Crippen LogP contribution in [0, 0.1) is 5.92 Å². The van der Waals surface area contributed by atoms with E-state index in [1.165, 1.54) is 12.0 Å². The number of ether oxygens (including phenoxy) is 2. The van der Waals surface area contributed by atoms with E-state index in [2.05, 4.69) is 43.0 Å². The lowest BCUT2D eigenvalue weighted by atomic mass is 10.1. The molecular formula is C17H27NO2. The van der Waals surface area contributed by atoms with Crippen molar-refractivity contribution in [2.45, 2.75) is 26.7 Å². The summed E-state index contributed by atoms with van der Waals surface area (Å²) < 4.78 is 11.3. The van der Waals surface area contributed by atoms with E-state index in [0.29, 0.717) is 5.92 Å². The third-order valence-electron chi connectivity index (χ3n) is 3.57. The molecule has 3 nitrogen and oxygen atoms in total. The molecule has 0 atom stereocenters. The standard InChI is InChI=1S/C17H27NO2/c1-15(2)14-20-17-8-4-3-6-16(17)7-5-9-18-10-12-19-13-11-18/h3-4,6,8,15H,5,7,9-14H2,1-2H3. The van der Waals surface area contributed by atoms with Gasteiger partial charge < -0.3 is 9.47 Å². The minimum atomic E-state index is 0.566. The summed E-state index contributed by atoms with van der Waals surface area (Å²) in [5, 5.41) is 0. The van der Waals surface area contributed by atoms with Crippen molar-refractivity contribution in [3.63, 3.8) is 0 Å². The molecule has 0 amide bonds. The van der Waals surface area contributed by atoms with Crippen molar-refractivity contribution in [3.05, 3.63) is 29.8 Å². The largest absolute Gasteiger partial charge is 0.493 e. The van der Waals surface area contributed by atoms with Crippen LogP contribution in [0.2, 0.25) is 0 Å². The van der Waals surface area contributed by atoms with Crippen LogP contribution >= 0.6 is 0 Å². The Kier molecular flexibility index (Phi) is 6.34. The average molecular weight is 277 g/mol. The van der Waals surface area contributed by atoms with Crippen molar-refractivity contribution < 1.29 is 9.47 Å². The van der Waals surface area contributed by atoms with Crippen LogP contribution in [0.1, 0.15) is 25.8 Å². The second-order valence-corrected chi connectivity index (χ2v) is 5.87. The van der Waals surface area contributed by atoms with Gasteiger partial charge in [0.1, 0.15) is 5.75 Å². The third kappa shape index (κ3) is 5.14. The molecule has 0 N–H and O–H groups in total. The quantitative estimate of drug-likeness (QED) is 0.765. The van der Waals surface area contributed by atoms with Gasteiger partial charge in [0.15, 0.2) is 0 Å². The summed E-state index contributed by atoms with van der Waals surface area (Å²) >= 11 is 0. The Labute approximate surface area is 122 Å². The first-order chi connectivity index (χ1) is 9.75. The molecule has 2 rings (SSSR count). The molecular weight excluding hydrogens is 250 g/mol. The van der Waals surface area contributed by atoms with Crippen molar-refractivity contribution in [2.75, 3.05) is 39.5 Å². The van der Waals surface area contributed by atoms with Crippen molar-refractivity contribution in [1.29, 1.82) is 0 Å². The summed E-state index contributed by atoms with van der Waals surface area (Å²) in [5.41, 5.74) is 1.33. The normalized spacial score (nSPS) is 16.6. The molecule has 1 saturated heterocycles. The van der Waals surface area contributed by atoms with E-state index >= 15 is 0 Å². The van der Waals surface area contributed by atoms with Crippen LogP contribution < -0.4 is 4.74 Å². The fourth-order valence-electron chi connectivity index (χ4n) is 2.43. The SMILES string of the molecule is CC(C)COc1ccccc1CCCN1CCOCC1. The second kappa shape index (κ2) is 8.28. The van der Waals surface area contributed by atoms with Gasteiger partial charge in [-0.2, -0.15) is 0 Å². The van der Waals surface area contributed by atoms with Gasteiger partial charge in [-0.25, -0.2) is 0 Å². The van der Waals surface area contributed by atoms with E-state index in [9.17, 15) is 0 Å². The molecule has 1 heterocycles. The van der Waals surface area contributed by atoms with Crippen molar-refractivity contribution >= 4 is 0 Å². The Morgan fingerprint density at radius 1 is 1.20 bits per heavy atom. The smallest absolute Gasteiger partial charge is 0.122 e. The van der Waals surface area contributed by atoms with Gasteiger partial charge in [-0.05, 0) is 36.9 Å². The number of rotatable bonds is 7. The number of aryl methyl sites for hydroxylation is 1. The maximum Gasteiger partial charge on any atom is 0.122 e. The molecule has 20 heavy (non-hydrogen) atoms. The highest BCUT2D eigenvalue weighted by Gasteiger charge is 2.10. The Morgan fingerprint density at radius 2 is 1.95 bits per heavy atom. The van der Waals surface area contributed by atoms with Gasteiger partial charge in [-0.1, -0.05) is 32.0 Å². The van der Waals surface area contributed by atoms with Gasteiger partial charge in [-0.3, -0.25) is 4.90 Å². The van der Waals surface area contributed by atoms with Crippen LogP contribution in [-0.2, 0) is 11.2 Å². The molecule has 1 aliphatic rings. The molecule has 0 bridgehead atoms. The van der Waals surface area contributed by atoms with Crippen LogP contribution in [0.3, 0.4) is 0 Å². The predicted molar refractivity (Wildman–Crippen MR) is 82.4 cm³/mol. The molecule has 3 heteroatoms. The van der Waals surface area contributed by atoms with Crippen LogP contribution in [0.15, 0.2) is 24.3 Å². The average Bonchev–Trinajstić information content (AvgIpc) is 2.47. The Balaban J connectivity index is 1.79. The zero-order chi connectivity index (χ0) is 14.2. The lowest BCUT2D eigenvalue weighted by Crippen LogP contribution is -2.36. The predicted octanol–water partition coefficient (Wildman–Crippen LogP) is 2.99. The maximum absolute atomic E-state index is 5.91. The molecule has 0 radical (unpaired) electrons. The maximum atomic E-state index is 5.91. The van der Waals surface area contributed by atoms with E-state index < -0.39 is 0 Å². The number of nitrogens with zero attached hydrogens (tertiary/aromatic N) is 1. The van der Waals surface area contributed by atoms with Crippen LogP contribution in [0.25, 0.3) is 0 Å². The van der Waals surface area contributed by atoms with Crippen molar-refractivity contribution in [1.82, 2.24) is 4.90 Å². The van der Waals surface area contributed by atoms with Gasteiger partial charge in [-0.15, -0.1) is 0 Å². The molecule has 1 fully saturated rings. The van der Waals surface area contributed by atoms with Crippen molar-refractivity contribution in [3.8, 4) is 5.75 Å². The van der Waals surface area contributed by atoms with Gasteiger partial charge in [0, 0.05) is 13.1 Å². The summed E-state index contributed by atoms with van der Waals surface area (Å²) in [6, 6.07) is 8.44. The van der Waals surface area contributed by atoms with Crippen molar-refractivity contribution in [2.24, 2.45) is 5.92 Å². The lowest BCUT2D eigenvalue weighted by molar-refractivity contribution is 0.0374. The highest BCUT2D eigenvalue weighted by Crippen LogP contribution is 2.20. The molecule has 1 aromatic rings. The van der Waals surface area contributed by atoms with Gasteiger partial charge in [0.25, 0.3) is 0 Å². The molecule has 0 unspecified atom stereocenters. The Bertz CT molecular complexity index is 386. The molecule has 0 saturated carbocycles. The lowest BCUT2D eigenvalue weighted by Gasteiger charge is -2.26. The summed E-state index contributed by atoms with van der Waals surface area (Å²) in [7, 11) is 0. The topological polar surface area (TPSA) is 21.7 Å². The fourth-order valence-corrected chi connectivity index (χ4v) is 2.43. The second-order valence-electron chi connectivity index (χ2n) is 5.87. The van der Waals surface area contributed by atoms with Crippen LogP contribution in [0.4, 0.5) is 0 Å². The Morgan fingerprint density at radius 3 is 2.70 bits per heavy atom. The molecule has 0 aromatic heterocycles. The monoisotopic (exact) mass is 277 g/mol.